The summed E-state index contributed by atoms with van der Waals surface area (Å²) in [5.74, 6) is -0.152. The van der Waals surface area contributed by atoms with Crippen molar-refractivity contribution in [3.63, 3.8) is 0 Å². The third kappa shape index (κ3) is 18.9. The third-order valence-corrected chi connectivity index (χ3v) is 6.46. The SMILES string of the molecule is CCCCCCCCCCCC(=O)N[C@@H](CO)[C@H](O)[C@H](O)CCCCCCCCCCC. The van der Waals surface area contributed by atoms with Gasteiger partial charge in [-0.2, -0.15) is 0 Å². The molecule has 0 bridgehead atoms. The molecule has 0 saturated carbocycles. The van der Waals surface area contributed by atoms with Crippen molar-refractivity contribution >= 4 is 5.91 Å². The van der Waals surface area contributed by atoms with Crippen LogP contribution < -0.4 is 5.32 Å². The molecule has 0 aromatic rings. The summed E-state index contributed by atoms with van der Waals surface area (Å²) in [4.78, 5) is 12.2. The molecule has 4 N–H and O–H groups in total. The zero-order valence-corrected chi connectivity index (χ0v) is 21.3. The molecule has 0 radical (unpaired) electrons. The number of carbonyl (C=O) groups excluding carboxylic acids is 1. The zero-order chi connectivity index (χ0) is 23.9. The second-order valence-electron chi connectivity index (χ2n) is 9.61. The van der Waals surface area contributed by atoms with Gasteiger partial charge >= 0.3 is 0 Å². The summed E-state index contributed by atoms with van der Waals surface area (Å²) in [5.41, 5.74) is 0. The topological polar surface area (TPSA) is 89.8 Å². The highest BCUT2D eigenvalue weighted by molar-refractivity contribution is 5.76. The van der Waals surface area contributed by atoms with E-state index < -0.39 is 18.2 Å². The molecule has 0 aliphatic heterocycles. The molecule has 0 aromatic carbocycles. The molecular weight excluding hydrogens is 402 g/mol. The summed E-state index contributed by atoms with van der Waals surface area (Å²) >= 11 is 0. The van der Waals surface area contributed by atoms with E-state index in [1.165, 1.54) is 77.0 Å². The Morgan fingerprint density at radius 2 is 1.06 bits per heavy atom. The number of rotatable bonds is 24. The number of nitrogens with one attached hydrogen (secondary N) is 1. The molecule has 0 aliphatic rings. The molecule has 5 nitrogen and oxygen atoms in total. The summed E-state index contributed by atoms with van der Waals surface area (Å²) in [5, 5.41) is 32.9. The van der Waals surface area contributed by atoms with E-state index in [1.807, 2.05) is 0 Å². The van der Waals surface area contributed by atoms with Gasteiger partial charge in [0.2, 0.25) is 5.91 Å². The molecule has 0 rings (SSSR count). The van der Waals surface area contributed by atoms with E-state index in [0.717, 1.165) is 38.5 Å². The van der Waals surface area contributed by atoms with Gasteiger partial charge in [0.1, 0.15) is 6.10 Å². The van der Waals surface area contributed by atoms with Crippen LogP contribution in [0.2, 0.25) is 0 Å². The van der Waals surface area contributed by atoms with Gasteiger partial charge in [-0.25, -0.2) is 0 Å². The van der Waals surface area contributed by atoms with Crippen molar-refractivity contribution in [2.45, 2.75) is 161 Å². The van der Waals surface area contributed by atoms with Crippen LogP contribution in [0.15, 0.2) is 0 Å². The van der Waals surface area contributed by atoms with E-state index in [-0.39, 0.29) is 12.5 Å². The van der Waals surface area contributed by atoms with Crippen molar-refractivity contribution < 1.29 is 20.1 Å². The van der Waals surface area contributed by atoms with Gasteiger partial charge < -0.3 is 20.6 Å². The van der Waals surface area contributed by atoms with Crippen LogP contribution in [0.3, 0.4) is 0 Å². The highest BCUT2D eigenvalue weighted by atomic mass is 16.3. The number of hydrogen-bond donors (Lipinski definition) is 4. The number of unbranched alkanes of at least 4 members (excludes halogenated alkanes) is 16. The van der Waals surface area contributed by atoms with Gasteiger partial charge in [0.15, 0.2) is 0 Å². The normalized spacial score (nSPS) is 14.3. The molecule has 0 saturated heterocycles. The van der Waals surface area contributed by atoms with Crippen LogP contribution in [-0.2, 0) is 4.79 Å². The molecular formula is C27H55NO4. The van der Waals surface area contributed by atoms with Crippen molar-refractivity contribution in [3.8, 4) is 0 Å². The first-order valence-corrected chi connectivity index (χ1v) is 13.8. The maximum absolute atomic E-state index is 12.2. The summed E-state index contributed by atoms with van der Waals surface area (Å²) in [6, 6.07) is -0.797. The molecule has 1 amide bonds. The number of aliphatic hydroxyl groups excluding tert-OH is 3. The van der Waals surface area contributed by atoms with Crippen LogP contribution >= 0.6 is 0 Å². The maximum atomic E-state index is 12.2. The maximum Gasteiger partial charge on any atom is 0.220 e. The van der Waals surface area contributed by atoms with Crippen molar-refractivity contribution in [3.05, 3.63) is 0 Å². The number of hydrogen-bond acceptors (Lipinski definition) is 4. The van der Waals surface area contributed by atoms with Crippen molar-refractivity contribution in [1.82, 2.24) is 5.32 Å². The van der Waals surface area contributed by atoms with Crippen LogP contribution in [-0.4, -0.2) is 46.1 Å². The van der Waals surface area contributed by atoms with Gasteiger partial charge in [0.05, 0.1) is 18.8 Å². The molecule has 0 aromatic heterocycles. The van der Waals surface area contributed by atoms with E-state index in [1.54, 1.807) is 0 Å². The van der Waals surface area contributed by atoms with Gasteiger partial charge in [-0.15, -0.1) is 0 Å². The predicted octanol–water partition coefficient (Wildman–Crippen LogP) is 6.03. The lowest BCUT2D eigenvalue weighted by molar-refractivity contribution is -0.124. The highest BCUT2D eigenvalue weighted by Crippen LogP contribution is 2.14. The monoisotopic (exact) mass is 457 g/mol. The average molecular weight is 458 g/mol. The first-order chi connectivity index (χ1) is 15.6. The lowest BCUT2D eigenvalue weighted by Gasteiger charge is -2.26. The molecule has 0 spiro atoms. The molecule has 0 heterocycles. The fourth-order valence-electron chi connectivity index (χ4n) is 4.22. The zero-order valence-electron chi connectivity index (χ0n) is 21.3. The number of carbonyl (C=O) groups is 1. The lowest BCUT2D eigenvalue weighted by Crippen LogP contribution is -2.50. The average Bonchev–Trinajstić information content (AvgIpc) is 2.79. The first-order valence-electron chi connectivity index (χ1n) is 13.8. The second-order valence-corrected chi connectivity index (χ2v) is 9.61. The number of aliphatic hydroxyl groups is 3. The standard InChI is InChI=1S/C27H55NO4/c1-3-5-7-9-11-13-15-17-19-21-25(30)27(32)24(23-29)28-26(31)22-20-18-16-14-12-10-8-6-4-2/h24-25,27,29-30,32H,3-23H2,1-2H3,(H,28,31)/t24-,25+,27-/m0/s1. The molecule has 5 heteroatoms. The van der Waals surface area contributed by atoms with Crippen LogP contribution in [0.5, 0.6) is 0 Å². The number of amides is 1. The Hall–Kier alpha value is -0.650. The Balaban J connectivity index is 3.81. The summed E-state index contributed by atoms with van der Waals surface area (Å²) in [7, 11) is 0. The molecule has 0 fully saturated rings. The first kappa shape index (κ1) is 31.4. The third-order valence-electron chi connectivity index (χ3n) is 6.46. The Morgan fingerprint density at radius 3 is 1.50 bits per heavy atom. The summed E-state index contributed by atoms with van der Waals surface area (Å²) < 4.78 is 0. The molecule has 0 unspecified atom stereocenters. The molecule has 0 aliphatic carbocycles. The van der Waals surface area contributed by atoms with Crippen LogP contribution in [0.4, 0.5) is 0 Å². The molecule has 32 heavy (non-hydrogen) atoms. The lowest BCUT2D eigenvalue weighted by atomic mass is 9.99. The minimum absolute atomic E-state index is 0.152. The Kier molecular flexibility index (Phi) is 23.0. The van der Waals surface area contributed by atoms with Crippen molar-refractivity contribution in [2.24, 2.45) is 0 Å². The van der Waals surface area contributed by atoms with Gasteiger partial charge in [-0.1, -0.05) is 123 Å². The fourth-order valence-corrected chi connectivity index (χ4v) is 4.22. The molecule has 192 valence electrons. The van der Waals surface area contributed by atoms with E-state index in [9.17, 15) is 20.1 Å². The fraction of sp³-hybridized carbons (Fsp3) is 0.963. The Bertz CT molecular complexity index is 405. The van der Waals surface area contributed by atoms with Gasteiger partial charge in [-0.05, 0) is 12.8 Å². The quantitative estimate of drug-likeness (QED) is 0.133. The smallest absolute Gasteiger partial charge is 0.220 e. The minimum Gasteiger partial charge on any atom is -0.394 e. The van der Waals surface area contributed by atoms with E-state index in [4.69, 9.17) is 0 Å². The minimum atomic E-state index is -1.12. The predicted molar refractivity (Wildman–Crippen MR) is 135 cm³/mol. The van der Waals surface area contributed by atoms with Crippen LogP contribution in [0, 0.1) is 0 Å². The summed E-state index contributed by atoms with van der Waals surface area (Å²) in [6.07, 6.45) is 20.5. The van der Waals surface area contributed by atoms with E-state index in [0.29, 0.717) is 12.8 Å². The Morgan fingerprint density at radius 1 is 0.656 bits per heavy atom. The molecule has 3 atom stereocenters. The van der Waals surface area contributed by atoms with Crippen molar-refractivity contribution in [1.29, 1.82) is 0 Å². The second kappa shape index (κ2) is 23.5. The largest absolute Gasteiger partial charge is 0.394 e. The van der Waals surface area contributed by atoms with Crippen LogP contribution in [0.25, 0.3) is 0 Å². The van der Waals surface area contributed by atoms with E-state index in [2.05, 4.69) is 19.2 Å². The summed E-state index contributed by atoms with van der Waals surface area (Å²) in [6.45, 7) is 4.09. The highest BCUT2D eigenvalue weighted by Gasteiger charge is 2.26. The van der Waals surface area contributed by atoms with Gasteiger partial charge in [0, 0.05) is 6.42 Å². The van der Waals surface area contributed by atoms with Gasteiger partial charge in [-0.3, -0.25) is 4.79 Å². The van der Waals surface area contributed by atoms with E-state index >= 15 is 0 Å². The van der Waals surface area contributed by atoms with Crippen molar-refractivity contribution in [2.75, 3.05) is 6.61 Å². The van der Waals surface area contributed by atoms with Gasteiger partial charge in [0.25, 0.3) is 0 Å². The van der Waals surface area contributed by atoms with Crippen LogP contribution in [0.1, 0.15) is 142 Å². The Labute approximate surface area is 198 Å².